The van der Waals surface area contributed by atoms with E-state index in [9.17, 15) is 4.79 Å². The van der Waals surface area contributed by atoms with Crippen molar-refractivity contribution < 1.29 is 4.79 Å². The average Bonchev–Trinajstić information content (AvgIpc) is 2.77. The van der Waals surface area contributed by atoms with E-state index in [0.717, 1.165) is 0 Å². The van der Waals surface area contributed by atoms with Crippen LogP contribution in [0.2, 0.25) is 0 Å². The van der Waals surface area contributed by atoms with Crippen LogP contribution in [0.1, 0.15) is 16.2 Å². The van der Waals surface area contributed by atoms with Gasteiger partial charge in [-0.15, -0.1) is 0 Å². The molecule has 2 aromatic heterocycles. The maximum atomic E-state index is 11.4. The molecule has 0 unspecified atom stereocenters. The second-order valence-electron chi connectivity index (χ2n) is 2.12. The fourth-order valence-corrected chi connectivity index (χ4v) is 0.815. The molecule has 2 aromatic rings. The van der Waals surface area contributed by atoms with Gasteiger partial charge in [0.1, 0.15) is 11.4 Å². The molecule has 2 N–H and O–H groups in total. The van der Waals surface area contributed by atoms with Crippen LogP contribution >= 0.6 is 0 Å². The van der Waals surface area contributed by atoms with E-state index >= 15 is 0 Å². The Morgan fingerprint density at radius 1 is 1.17 bits per heavy atom. The van der Waals surface area contributed by atoms with Gasteiger partial charge in [-0.1, -0.05) is 0 Å². The van der Waals surface area contributed by atoms with Gasteiger partial charge in [0.15, 0.2) is 12.7 Å². The van der Waals surface area contributed by atoms with Gasteiger partial charge in [-0.3, -0.25) is 4.79 Å². The minimum Gasteiger partial charge on any atom is -0.341 e. The van der Waals surface area contributed by atoms with E-state index in [4.69, 9.17) is 0 Å². The molecule has 2 heterocycles. The molecule has 0 bridgehead atoms. The van der Waals surface area contributed by atoms with E-state index in [1.54, 1.807) is 0 Å². The van der Waals surface area contributed by atoms with Crippen LogP contribution in [-0.4, -0.2) is 25.7 Å². The molecular formula is C7H4N4O. The molecule has 5 heteroatoms. The highest BCUT2D eigenvalue weighted by Crippen LogP contribution is 2.00. The zero-order valence-corrected chi connectivity index (χ0v) is 5.96. The summed E-state index contributed by atoms with van der Waals surface area (Å²) in [6.45, 7) is 0. The first kappa shape index (κ1) is 6.78. The molecule has 0 amide bonds. The van der Waals surface area contributed by atoms with Gasteiger partial charge in [0.2, 0.25) is 5.78 Å². The van der Waals surface area contributed by atoms with Crippen molar-refractivity contribution in [1.82, 2.24) is 19.9 Å². The molecule has 0 saturated carbocycles. The van der Waals surface area contributed by atoms with Gasteiger partial charge >= 0.3 is 0 Å². The predicted molar refractivity (Wildman–Crippen MR) is 38.3 cm³/mol. The van der Waals surface area contributed by atoms with Crippen LogP contribution in [0.3, 0.4) is 0 Å². The maximum Gasteiger partial charge on any atom is 0.232 e. The summed E-state index contributed by atoms with van der Waals surface area (Å²) in [5.74, 6) is -0.245. The Hall–Kier alpha value is -1.91. The largest absolute Gasteiger partial charge is 0.341 e. The molecular weight excluding hydrogens is 156 g/mol. The molecule has 5 nitrogen and oxygen atoms in total. The van der Waals surface area contributed by atoms with Crippen molar-refractivity contribution >= 4 is 5.78 Å². The number of carbonyl (C=O) groups is 1. The smallest absolute Gasteiger partial charge is 0.232 e. The average molecular weight is 160 g/mol. The maximum absolute atomic E-state index is 11.4. The van der Waals surface area contributed by atoms with Gasteiger partial charge < -0.3 is 9.97 Å². The lowest BCUT2D eigenvalue weighted by atomic mass is 10.2. The third kappa shape index (κ3) is 1.01. The number of hydrogen-bond donors (Lipinski definition) is 2. The highest BCUT2D eigenvalue weighted by Gasteiger charge is 2.12. The van der Waals surface area contributed by atoms with Gasteiger partial charge in [-0.05, 0) is 0 Å². The molecule has 0 aliphatic carbocycles. The molecule has 2 rings (SSSR count). The highest BCUT2D eigenvalue weighted by atomic mass is 16.1. The quantitative estimate of drug-likeness (QED) is 0.605. The van der Waals surface area contributed by atoms with E-state index in [1.807, 2.05) is 0 Å². The number of aromatic nitrogens is 4. The van der Waals surface area contributed by atoms with Crippen LogP contribution in [-0.2, 0) is 0 Å². The second kappa shape index (κ2) is 2.61. The van der Waals surface area contributed by atoms with Gasteiger partial charge in [-0.2, -0.15) is 0 Å². The number of nitrogens with one attached hydrogen (secondary N) is 2. The van der Waals surface area contributed by atoms with Crippen LogP contribution in [0.5, 0.6) is 0 Å². The molecule has 0 spiro atoms. The monoisotopic (exact) mass is 160 g/mol. The summed E-state index contributed by atoms with van der Waals surface area (Å²) >= 11 is 0. The van der Waals surface area contributed by atoms with Crippen molar-refractivity contribution in [3.8, 4) is 0 Å². The molecule has 2 radical (unpaired) electrons. The SMILES string of the molecule is O=C(c1c[nH][c]n1)c1c[nH][c]n1. The zero-order valence-electron chi connectivity index (χ0n) is 5.96. The summed E-state index contributed by atoms with van der Waals surface area (Å²) in [6.07, 6.45) is 7.80. The number of carbonyl (C=O) groups excluding carboxylic acids is 1. The Labute approximate surface area is 67.9 Å². The van der Waals surface area contributed by atoms with Crippen molar-refractivity contribution in [3.63, 3.8) is 0 Å². The number of hydrogen-bond acceptors (Lipinski definition) is 3. The van der Waals surface area contributed by atoms with Crippen molar-refractivity contribution in [2.24, 2.45) is 0 Å². The fraction of sp³-hybridized carbons (Fsp3) is 0. The third-order valence-electron chi connectivity index (χ3n) is 1.36. The van der Waals surface area contributed by atoms with Crippen molar-refractivity contribution in [3.05, 3.63) is 36.4 Å². The third-order valence-corrected chi connectivity index (χ3v) is 1.36. The summed E-state index contributed by atoms with van der Waals surface area (Å²) < 4.78 is 0. The number of ketones is 1. The number of H-pyrrole nitrogens is 2. The van der Waals surface area contributed by atoms with Crippen molar-refractivity contribution in [2.45, 2.75) is 0 Å². The molecule has 0 aliphatic rings. The van der Waals surface area contributed by atoms with E-state index < -0.39 is 0 Å². The summed E-state index contributed by atoms with van der Waals surface area (Å²) in [7, 11) is 0. The van der Waals surface area contributed by atoms with Crippen LogP contribution in [0.4, 0.5) is 0 Å². The van der Waals surface area contributed by atoms with E-state index in [2.05, 4.69) is 32.6 Å². The summed E-state index contributed by atoms with van der Waals surface area (Å²) in [5, 5.41) is 0. The molecule has 0 saturated heterocycles. The first-order valence-corrected chi connectivity index (χ1v) is 3.25. The summed E-state index contributed by atoms with van der Waals surface area (Å²) in [6, 6.07) is 0. The fourth-order valence-electron chi connectivity index (χ4n) is 0.815. The Bertz CT molecular complexity index is 326. The van der Waals surface area contributed by atoms with E-state index in [0.29, 0.717) is 11.4 Å². The lowest BCUT2D eigenvalue weighted by molar-refractivity contribution is 0.103. The molecule has 58 valence electrons. The lowest BCUT2D eigenvalue weighted by Gasteiger charge is -1.87. The van der Waals surface area contributed by atoms with Gasteiger partial charge in [0.25, 0.3) is 0 Å². The van der Waals surface area contributed by atoms with E-state index in [-0.39, 0.29) is 5.78 Å². The first-order valence-electron chi connectivity index (χ1n) is 3.25. The first-order chi connectivity index (χ1) is 5.88. The van der Waals surface area contributed by atoms with Crippen LogP contribution < -0.4 is 0 Å². The van der Waals surface area contributed by atoms with Crippen molar-refractivity contribution in [2.75, 3.05) is 0 Å². The predicted octanol–water partition coefficient (Wildman–Crippen LogP) is -0.0358. The minimum atomic E-state index is -0.245. The van der Waals surface area contributed by atoms with Crippen LogP contribution in [0, 0.1) is 12.7 Å². The zero-order chi connectivity index (χ0) is 8.39. The standard InChI is InChI=1S/C7H4N4O/c12-7(5-1-8-3-10-5)6-2-9-4-11-6/h1-2H,(H,8,10)(H,9,11). The Balaban J connectivity index is 2.34. The van der Waals surface area contributed by atoms with Gasteiger partial charge in [0.05, 0.1) is 0 Å². The lowest BCUT2D eigenvalue weighted by Crippen LogP contribution is -2.01. The van der Waals surface area contributed by atoms with Crippen LogP contribution in [0.25, 0.3) is 0 Å². The topological polar surface area (TPSA) is 74.4 Å². The minimum absolute atomic E-state index is 0.245. The van der Waals surface area contributed by atoms with Gasteiger partial charge in [-0.25, -0.2) is 9.97 Å². The molecule has 0 atom stereocenters. The number of nitrogens with zero attached hydrogens (tertiary/aromatic N) is 2. The van der Waals surface area contributed by atoms with Crippen LogP contribution in [0.15, 0.2) is 12.4 Å². The normalized spacial score (nSPS) is 10.0. The number of imidazole rings is 2. The number of aromatic amines is 2. The molecule has 0 fully saturated rings. The molecule has 0 aliphatic heterocycles. The molecule has 12 heavy (non-hydrogen) atoms. The Morgan fingerprint density at radius 3 is 2.00 bits per heavy atom. The highest BCUT2D eigenvalue weighted by molar-refractivity contribution is 6.05. The Kier molecular flexibility index (Phi) is 1.48. The van der Waals surface area contributed by atoms with Crippen molar-refractivity contribution in [1.29, 1.82) is 0 Å². The van der Waals surface area contributed by atoms with Gasteiger partial charge in [0, 0.05) is 12.4 Å². The summed E-state index contributed by atoms with van der Waals surface area (Å²) in [5.41, 5.74) is 0.603. The Morgan fingerprint density at radius 2 is 1.67 bits per heavy atom. The second-order valence-corrected chi connectivity index (χ2v) is 2.12. The number of rotatable bonds is 2. The molecule has 0 aromatic carbocycles. The summed E-state index contributed by atoms with van der Waals surface area (Å²) in [4.78, 5) is 23.8. The van der Waals surface area contributed by atoms with E-state index in [1.165, 1.54) is 12.4 Å².